The summed E-state index contributed by atoms with van der Waals surface area (Å²) in [6, 6.07) is 5.31. The third-order valence-electron chi connectivity index (χ3n) is 4.34. The third-order valence-corrected chi connectivity index (χ3v) is 4.34. The van der Waals surface area contributed by atoms with Crippen LogP contribution >= 0.6 is 0 Å². The van der Waals surface area contributed by atoms with Crippen LogP contribution in [0.15, 0.2) is 47.5 Å². The van der Waals surface area contributed by atoms with Gasteiger partial charge in [0.25, 0.3) is 5.91 Å². The van der Waals surface area contributed by atoms with Crippen molar-refractivity contribution in [3.63, 3.8) is 0 Å². The van der Waals surface area contributed by atoms with E-state index in [0.717, 1.165) is 37.8 Å². The maximum atomic E-state index is 12.4. The van der Waals surface area contributed by atoms with E-state index in [0.29, 0.717) is 17.1 Å². The van der Waals surface area contributed by atoms with E-state index < -0.39 is 0 Å². The van der Waals surface area contributed by atoms with Crippen molar-refractivity contribution in [2.75, 3.05) is 41.3 Å². The largest absolute Gasteiger partial charge is 0.367 e. The van der Waals surface area contributed by atoms with Crippen LogP contribution in [0.5, 0.6) is 0 Å². The van der Waals surface area contributed by atoms with Crippen LogP contribution in [0.2, 0.25) is 0 Å². The first-order chi connectivity index (χ1) is 13.2. The van der Waals surface area contributed by atoms with Crippen molar-refractivity contribution >= 4 is 23.4 Å². The molecule has 1 N–H and O–H groups in total. The van der Waals surface area contributed by atoms with Crippen molar-refractivity contribution in [3.8, 4) is 0 Å². The summed E-state index contributed by atoms with van der Waals surface area (Å²) < 4.78 is 4.96. The summed E-state index contributed by atoms with van der Waals surface area (Å²) in [6.45, 7) is 4.98. The molecule has 0 bridgehead atoms. The van der Waals surface area contributed by atoms with Gasteiger partial charge in [-0.2, -0.15) is 0 Å². The van der Waals surface area contributed by atoms with Crippen LogP contribution in [0, 0.1) is 6.92 Å². The Hall–Kier alpha value is -3.49. The molecule has 0 saturated carbocycles. The van der Waals surface area contributed by atoms with Gasteiger partial charge < -0.3 is 19.6 Å². The zero-order chi connectivity index (χ0) is 18.6. The van der Waals surface area contributed by atoms with E-state index in [1.807, 2.05) is 12.1 Å². The molecule has 0 spiro atoms. The number of hydrogen-bond donors (Lipinski definition) is 1. The van der Waals surface area contributed by atoms with Crippen molar-refractivity contribution in [2.45, 2.75) is 6.92 Å². The van der Waals surface area contributed by atoms with Gasteiger partial charge in [0.15, 0.2) is 5.82 Å². The lowest BCUT2D eigenvalue weighted by atomic mass is 10.2. The Labute approximate surface area is 156 Å². The number of aryl methyl sites for hydroxylation is 1. The van der Waals surface area contributed by atoms with Gasteiger partial charge in [0.1, 0.15) is 5.76 Å². The van der Waals surface area contributed by atoms with Crippen LogP contribution < -0.4 is 15.1 Å². The first kappa shape index (κ1) is 17.0. The van der Waals surface area contributed by atoms with E-state index >= 15 is 0 Å². The average molecular weight is 365 g/mol. The summed E-state index contributed by atoms with van der Waals surface area (Å²) in [5, 5.41) is 6.49. The number of nitrogens with zero attached hydrogens (tertiary/aromatic N) is 6. The van der Waals surface area contributed by atoms with Gasteiger partial charge in [0, 0.05) is 50.8 Å². The number of hydrogen-bond acceptors (Lipinski definition) is 8. The molecular formula is C18H19N7O2. The molecule has 27 heavy (non-hydrogen) atoms. The Morgan fingerprint density at radius 3 is 2.52 bits per heavy atom. The number of amides is 1. The third kappa shape index (κ3) is 3.86. The van der Waals surface area contributed by atoms with E-state index in [9.17, 15) is 4.79 Å². The van der Waals surface area contributed by atoms with Crippen LogP contribution in [-0.2, 0) is 0 Å². The quantitative estimate of drug-likeness (QED) is 0.746. The Balaban J connectivity index is 1.41. The molecule has 0 atom stereocenters. The van der Waals surface area contributed by atoms with Gasteiger partial charge in [0.05, 0.1) is 17.4 Å². The second kappa shape index (κ2) is 7.40. The molecule has 138 valence electrons. The summed E-state index contributed by atoms with van der Waals surface area (Å²) in [5.41, 5.74) is 1.38. The predicted molar refractivity (Wildman–Crippen MR) is 99.9 cm³/mol. The smallest absolute Gasteiger partial charge is 0.258 e. The van der Waals surface area contributed by atoms with Crippen molar-refractivity contribution in [2.24, 2.45) is 0 Å². The summed E-state index contributed by atoms with van der Waals surface area (Å²) in [6.07, 6.45) is 6.81. The molecule has 1 aliphatic heterocycles. The number of anilines is 3. The number of piperazine rings is 1. The van der Waals surface area contributed by atoms with Crippen LogP contribution in [0.1, 0.15) is 16.1 Å². The number of rotatable bonds is 4. The summed E-state index contributed by atoms with van der Waals surface area (Å²) >= 11 is 0. The molecule has 9 heteroatoms. The monoisotopic (exact) mass is 365 g/mol. The first-order valence-corrected chi connectivity index (χ1v) is 8.66. The number of carbonyl (C=O) groups is 1. The molecule has 4 rings (SSSR count). The topological polar surface area (TPSA) is 100 Å². The lowest BCUT2D eigenvalue weighted by molar-refractivity contribution is 0.102. The predicted octanol–water partition coefficient (Wildman–Crippen LogP) is 1.75. The Morgan fingerprint density at radius 1 is 1.07 bits per heavy atom. The van der Waals surface area contributed by atoms with Gasteiger partial charge in [0.2, 0.25) is 5.95 Å². The summed E-state index contributed by atoms with van der Waals surface area (Å²) in [4.78, 5) is 29.6. The number of nitrogens with one attached hydrogen (secondary N) is 1. The second-order valence-corrected chi connectivity index (χ2v) is 6.23. The van der Waals surface area contributed by atoms with E-state index in [4.69, 9.17) is 4.52 Å². The van der Waals surface area contributed by atoms with E-state index in [2.05, 4.69) is 35.2 Å². The lowest BCUT2D eigenvalue weighted by Gasteiger charge is -2.35. The standard InChI is InChI=1S/C18H19N7O2/c1-13-9-16(23-27-13)22-17(26)14-10-15(12-19-11-14)24-5-7-25(8-6-24)18-20-3-2-4-21-18/h2-4,9-12H,5-8H2,1H3,(H,22,23,26). The molecule has 0 unspecified atom stereocenters. The lowest BCUT2D eigenvalue weighted by Crippen LogP contribution is -2.47. The highest BCUT2D eigenvalue weighted by atomic mass is 16.5. The Kier molecular flexibility index (Phi) is 4.65. The number of carbonyl (C=O) groups excluding carboxylic acids is 1. The van der Waals surface area contributed by atoms with Gasteiger partial charge in [-0.15, -0.1) is 0 Å². The first-order valence-electron chi connectivity index (χ1n) is 8.66. The van der Waals surface area contributed by atoms with Crippen LogP contribution in [-0.4, -0.2) is 52.2 Å². The van der Waals surface area contributed by atoms with Gasteiger partial charge in [-0.3, -0.25) is 9.78 Å². The molecular weight excluding hydrogens is 346 g/mol. The van der Waals surface area contributed by atoms with Crippen LogP contribution in [0.3, 0.4) is 0 Å². The summed E-state index contributed by atoms with van der Waals surface area (Å²) in [5.74, 6) is 1.50. The molecule has 1 saturated heterocycles. The van der Waals surface area contributed by atoms with Crippen LogP contribution in [0.4, 0.5) is 17.5 Å². The SMILES string of the molecule is Cc1cc(NC(=O)c2cncc(N3CCN(c4ncccn4)CC3)c2)no1. The number of aromatic nitrogens is 4. The molecule has 0 aliphatic carbocycles. The molecule has 9 nitrogen and oxygen atoms in total. The average Bonchev–Trinajstić information content (AvgIpc) is 3.13. The zero-order valence-electron chi connectivity index (χ0n) is 14.9. The minimum Gasteiger partial charge on any atom is -0.367 e. The minimum absolute atomic E-state index is 0.269. The molecule has 0 radical (unpaired) electrons. The fraction of sp³-hybridized carbons (Fsp3) is 0.278. The maximum absolute atomic E-state index is 12.4. The molecule has 1 aliphatic rings. The van der Waals surface area contributed by atoms with Gasteiger partial charge >= 0.3 is 0 Å². The van der Waals surface area contributed by atoms with E-state index in [-0.39, 0.29) is 5.91 Å². The van der Waals surface area contributed by atoms with Crippen molar-refractivity contribution in [1.29, 1.82) is 0 Å². The minimum atomic E-state index is -0.269. The molecule has 1 fully saturated rings. The Bertz CT molecular complexity index is 920. The fourth-order valence-electron chi connectivity index (χ4n) is 2.96. The van der Waals surface area contributed by atoms with Crippen molar-refractivity contribution < 1.29 is 9.32 Å². The van der Waals surface area contributed by atoms with Crippen LogP contribution in [0.25, 0.3) is 0 Å². The highest BCUT2D eigenvalue weighted by Gasteiger charge is 2.20. The van der Waals surface area contributed by atoms with Gasteiger partial charge in [-0.1, -0.05) is 5.16 Å². The molecule has 3 aromatic heterocycles. The molecule has 0 aromatic carbocycles. The molecule has 4 heterocycles. The van der Waals surface area contributed by atoms with Gasteiger partial charge in [-0.05, 0) is 19.1 Å². The highest BCUT2D eigenvalue weighted by Crippen LogP contribution is 2.19. The highest BCUT2D eigenvalue weighted by molar-refractivity contribution is 6.04. The Morgan fingerprint density at radius 2 is 1.81 bits per heavy atom. The van der Waals surface area contributed by atoms with Crippen molar-refractivity contribution in [3.05, 3.63) is 54.3 Å². The van der Waals surface area contributed by atoms with E-state index in [1.54, 1.807) is 37.8 Å². The molecule has 3 aromatic rings. The zero-order valence-corrected chi connectivity index (χ0v) is 14.9. The summed E-state index contributed by atoms with van der Waals surface area (Å²) in [7, 11) is 0. The molecule has 1 amide bonds. The van der Waals surface area contributed by atoms with Crippen molar-refractivity contribution in [1.82, 2.24) is 20.1 Å². The fourth-order valence-corrected chi connectivity index (χ4v) is 2.96. The van der Waals surface area contributed by atoms with Gasteiger partial charge in [-0.25, -0.2) is 9.97 Å². The maximum Gasteiger partial charge on any atom is 0.258 e. The van der Waals surface area contributed by atoms with E-state index in [1.165, 1.54) is 0 Å². The normalized spacial score (nSPS) is 14.3. The second-order valence-electron chi connectivity index (χ2n) is 6.23. The number of pyridine rings is 1.